The van der Waals surface area contributed by atoms with Crippen LogP contribution in [0.25, 0.3) is 0 Å². The van der Waals surface area contributed by atoms with Crippen molar-refractivity contribution in [3.05, 3.63) is 0 Å². The van der Waals surface area contributed by atoms with Crippen molar-refractivity contribution in [2.45, 2.75) is 44.8 Å². The van der Waals surface area contributed by atoms with E-state index in [-0.39, 0.29) is 0 Å². The van der Waals surface area contributed by atoms with Crippen molar-refractivity contribution in [3.63, 3.8) is 0 Å². The van der Waals surface area contributed by atoms with Gasteiger partial charge in [0.15, 0.2) is 0 Å². The van der Waals surface area contributed by atoms with Crippen molar-refractivity contribution in [1.82, 2.24) is 0 Å². The zero-order valence-electron chi connectivity index (χ0n) is 10.6. The molecule has 0 amide bonds. The standard InChI is InChI=1S/C11H22NO4P/c1-15-11(13)17(2,14)16-10(12)8-9-6-4-3-5-7-9/h9-10H,3-8,12H2,1-2H3. The molecule has 0 radical (unpaired) electrons. The second-order valence-electron chi connectivity index (χ2n) is 4.70. The maximum Gasteiger partial charge on any atom is 0.390 e. The van der Waals surface area contributed by atoms with Gasteiger partial charge in [-0.3, -0.25) is 4.57 Å². The first-order valence-corrected chi connectivity index (χ1v) is 8.13. The van der Waals surface area contributed by atoms with E-state index in [0.29, 0.717) is 12.3 Å². The topological polar surface area (TPSA) is 78.6 Å². The molecule has 17 heavy (non-hydrogen) atoms. The average Bonchev–Trinajstić information content (AvgIpc) is 2.28. The Morgan fingerprint density at radius 3 is 2.53 bits per heavy atom. The minimum Gasteiger partial charge on any atom is -0.462 e. The predicted molar refractivity (Wildman–Crippen MR) is 66.2 cm³/mol. The molecular weight excluding hydrogens is 241 g/mol. The van der Waals surface area contributed by atoms with Crippen LogP contribution in [0.1, 0.15) is 38.5 Å². The maximum atomic E-state index is 11.8. The third kappa shape index (κ3) is 4.78. The number of methoxy groups -OCH3 is 1. The largest absolute Gasteiger partial charge is 0.462 e. The average molecular weight is 263 g/mol. The molecule has 0 aromatic carbocycles. The third-order valence-corrected chi connectivity index (χ3v) is 4.65. The molecular formula is C11H22NO4P. The van der Waals surface area contributed by atoms with E-state index in [2.05, 4.69) is 4.74 Å². The Morgan fingerprint density at radius 1 is 1.41 bits per heavy atom. The minimum absolute atomic E-state index is 0.524. The number of carbonyl (C=O) groups is 1. The van der Waals surface area contributed by atoms with Gasteiger partial charge < -0.3 is 15.0 Å². The molecule has 0 saturated heterocycles. The SMILES string of the molecule is COC(=O)P(C)(=O)OC(N)CC1CCCCC1. The molecule has 5 nitrogen and oxygen atoms in total. The predicted octanol–water partition coefficient (Wildman–Crippen LogP) is 2.93. The van der Waals surface area contributed by atoms with Gasteiger partial charge in [-0.15, -0.1) is 0 Å². The zero-order chi connectivity index (χ0) is 12.9. The van der Waals surface area contributed by atoms with Crippen LogP contribution in [0.15, 0.2) is 0 Å². The fraction of sp³-hybridized carbons (Fsp3) is 0.909. The monoisotopic (exact) mass is 263 g/mol. The van der Waals surface area contributed by atoms with Crippen molar-refractivity contribution in [2.24, 2.45) is 11.7 Å². The van der Waals surface area contributed by atoms with Crippen molar-refractivity contribution in [2.75, 3.05) is 13.8 Å². The van der Waals surface area contributed by atoms with Crippen LogP contribution in [-0.2, 0) is 13.8 Å². The van der Waals surface area contributed by atoms with Gasteiger partial charge in [0.05, 0.1) is 7.11 Å². The van der Waals surface area contributed by atoms with E-state index in [4.69, 9.17) is 10.3 Å². The Balaban J connectivity index is 2.40. The molecule has 0 heterocycles. The van der Waals surface area contributed by atoms with Gasteiger partial charge in [-0.25, -0.2) is 4.79 Å². The Kier molecular flexibility index (Phi) is 5.63. The van der Waals surface area contributed by atoms with Crippen LogP contribution in [-0.4, -0.2) is 25.7 Å². The van der Waals surface area contributed by atoms with E-state index in [9.17, 15) is 9.36 Å². The molecule has 0 aromatic rings. The van der Waals surface area contributed by atoms with Gasteiger partial charge >= 0.3 is 13.1 Å². The Hall–Kier alpha value is -0.380. The summed E-state index contributed by atoms with van der Waals surface area (Å²) in [4.78, 5) is 11.2. The van der Waals surface area contributed by atoms with Crippen molar-refractivity contribution >= 4 is 13.1 Å². The first-order valence-electron chi connectivity index (χ1n) is 6.05. The molecule has 6 heteroatoms. The van der Waals surface area contributed by atoms with Gasteiger partial charge in [-0.2, -0.15) is 0 Å². The molecule has 1 aliphatic rings. The summed E-state index contributed by atoms with van der Waals surface area (Å²) < 4.78 is 21.4. The van der Waals surface area contributed by atoms with Gasteiger partial charge in [-0.1, -0.05) is 32.1 Å². The van der Waals surface area contributed by atoms with Crippen molar-refractivity contribution < 1.29 is 18.6 Å². The molecule has 100 valence electrons. The Bertz CT molecular complexity index is 302. The van der Waals surface area contributed by atoms with E-state index in [1.807, 2.05) is 0 Å². The van der Waals surface area contributed by atoms with Gasteiger partial charge in [0.1, 0.15) is 6.23 Å². The number of ether oxygens (including phenoxy) is 1. The van der Waals surface area contributed by atoms with E-state index in [1.165, 1.54) is 33.0 Å². The highest BCUT2D eigenvalue weighted by Gasteiger charge is 2.31. The molecule has 2 unspecified atom stereocenters. The summed E-state index contributed by atoms with van der Waals surface area (Å²) in [6, 6.07) is 0. The lowest BCUT2D eigenvalue weighted by atomic mass is 9.87. The second kappa shape index (κ2) is 6.53. The molecule has 2 N–H and O–H groups in total. The number of rotatable bonds is 5. The normalized spacial score (nSPS) is 22.8. The van der Waals surface area contributed by atoms with E-state index >= 15 is 0 Å². The molecule has 1 saturated carbocycles. The van der Waals surface area contributed by atoms with Crippen molar-refractivity contribution in [3.8, 4) is 0 Å². The summed E-state index contributed by atoms with van der Waals surface area (Å²) in [7, 11) is -2.20. The minimum atomic E-state index is -3.39. The number of nitrogens with two attached hydrogens (primary N) is 1. The number of carbonyl (C=O) groups excluding carboxylic acids is 1. The summed E-state index contributed by atoms with van der Waals surface area (Å²) in [5, 5.41) is 0. The highest BCUT2D eigenvalue weighted by Crippen LogP contribution is 2.46. The highest BCUT2D eigenvalue weighted by molar-refractivity contribution is 7.74. The summed E-state index contributed by atoms with van der Waals surface area (Å²) in [5.74, 6) is 0.524. The van der Waals surface area contributed by atoms with Crippen LogP contribution in [0, 0.1) is 5.92 Å². The summed E-state index contributed by atoms with van der Waals surface area (Å²) in [6.45, 7) is 1.25. The lowest BCUT2D eigenvalue weighted by Crippen LogP contribution is -2.27. The van der Waals surface area contributed by atoms with Crippen LogP contribution < -0.4 is 5.73 Å². The smallest absolute Gasteiger partial charge is 0.390 e. The number of hydrogen-bond acceptors (Lipinski definition) is 5. The van der Waals surface area contributed by atoms with Gasteiger partial charge in [0, 0.05) is 6.66 Å². The van der Waals surface area contributed by atoms with Gasteiger partial charge in [0.25, 0.3) is 0 Å². The summed E-state index contributed by atoms with van der Waals surface area (Å²) in [6.07, 6.45) is 6.02. The Labute approximate surface area is 102 Å². The first-order chi connectivity index (χ1) is 7.95. The van der Waals surface area contributed by atoms with Gasteiger partial charge in [0.2, 0.25) is 0 Å². The molecule has 0 aromatic heterocycles. The lowest BCUT2D eigenvalue weighted by molar-refractivity contribution is 0.151. The summed E-state index contributed by atoms with van der Waals surface area (Å²) in [5.41, 5.74) is 4.96. The summed E-state index contributed by atoms with van der Waals surface area (Å²) >= 11 is 0. The molecule has 1 aliphatic carbocycles. The maximum absolute atomic E-state index is 11.8. The molecule has 2 atom stereocenters. The van der Waals surface area contributed by atoms with Crippen LogP contribution in [0.3, 0.4) is 0 Å². The third-order valence-electron chi connectivity index (χ3n) is 3.13. The molecule has 1 fully saturated rings. The first kappa shape index (κ1) is 14.7. The molecule has 0 spiro atoms. The molecule has 0 bridgehead atoms. The lowest BCUT2D eigenvalue weighted by Gasteiger charge is -2.25. The van der Waals surface area contributed by atoms with Crippen LogP contribution in [0.5, 0.6) is 0 Å². The zero-order valence-corrected chi connectivity index (χ0v) is 11.4. The van der Waals surface area contributed by atoms with Crippen LogP contribution in [0.4, 0.5) is 4.79 Å². The number of hydrogen-bond donors (Lipinski definition) is 1. The molecule has 0 aliphatic heterocycles. The fourth-order valence-electron chi connectivity index (χ4n) is 2.26. The van der Waals surface area contributed by atoms with Crippen molar-refractivity contribution in [1.29, 1.82) is 0 Å². The van der Waals surface area contributed by atoms with Crippen LogP contribution in [0.2, 0.25) is 0 Å². The van der Waals surface area contributed by atoms with E-state index in [0.717, 1.165) is 12.8 Å². The quantitative estimate of drug-likeness (QED) is 0.609. The fourth-order valence-corrected chi connectivity index (χ4v) is 3.28. The second-order valence-corrected chi connectivity index (χ2v) is 6.97. The molecule has 1 rings (SSSR count). The van der Waals surface area contributed by atoms with E-state index < -0.39 is 19.3 Å². The highest BCUT2D eigenvalue weighted by atomic mass is 31.2. The van der Waals surface area contributed by atoms with E-state index in [1.54, 1.807) is 0 Å². The van der Waals surface area contributed by atoms with Crippen LogP contribution >= 0.6 is 7.37 Å². The Morgan fingerprint density at radius 2 is 2.00 bits per heavy atom. The van der Waals surface area contributed by atoms with Gasteiger partial charge in [-0.05, 0) is 12.3 Å².